The molecule has 0 aliphatic carbocycles. The first-order valence-corrected chi connectivity index (χ1v) is 7.97. The standard InChI is InChI=1S/C15H21BrFN3.HI/c1-2-18-15(20-9-3-4-10-20)19-8-7-12-11-13(16)5-6-14(12)17;/h5-6,11H,2-4,7-10H2,1H3,(H,18,19);1H. The maximum absolute atomic E-state index is 13.6. The zero-order valence-electron chi connectivity index (χ0n) is 12.2. The average molecular weight is 470 g/mol. The van der Waals surface area contributed by atoms with E-state index in [1.54, 1.807) is 6.07 Å². The molecule has 1 fully saturated rings. The van der Waals surface area contributed by atoms with Crippen LogP contribution in [0.5, 0.6) is 0 Å². The third-order valence-corrected chi connectivity index (χ3v) is 3.88. The summed E-state index contributed by atoms with van der Waals surface area (Å²) in [4.78, 5) is 6.89. The van der Waals surface area contributed by atoms with Crippen LogP contribution in [0.3, 0.4) is 0 Å². The maximum Gasteiger partial charge on any atom is 0.193 e. The molecule has 0 unspecified atom stereocenters. The lowest BCUT2D eigenvalue weighted by atomic mass is 10.1. The number of likely N-dealkylation sites (tertiary alicyclic amines) is 1. The molecule has 1 N–H and O–H groups in total. The van der Waals surface area contributed by atoms with Gasteiger partial charge in [-0.2, -0.15) is 0 Å². The molecule has 1 aromatic carbocycles. The third-order valence-electron chi connectivity index (χ3n) is 3.39. The van der Waals surface area contributed by atoms with Crippen molar-refractivity contribution in [2.75, 3.05) is 26.2 Å². The van der Waals surface area contributed by atoms with Gasteiger partial charge in [0.25, 0.3) is 0 Å². The summed E-state index contributed by atoms with van der Waals surface area (Å²) in [6.45, 7) is 5.67. The highest BCUT2D eigenvalue weighted by Gasteiger charge is 2.15. The first kappa shape index (κ1) is 18.7. The highest BCUT2D eigenvalue weighted by atomic mass is 127. The molecule has 6 heteroatoms. The van der Waals surface area contributed by atoms with Crippen molar-refractivity contribution >= 4 is 45.9 Å². The number of hydrogen-bond donors (Lipinski definition) is 1. The zero-order valence-corrected chi connectivity index (χ0v) is 16.2. The smallest absolute Gasteiger partial charge is 0.193 e. The number of guanidine groups is 1. The van der Waals surface area contributed by atoms with Gasteiger partial charge < -0.3 is 10.2 Å². The van der Waals surface area contributed by atoms with E-state index in [-0.39, 0.29) is 29.8 Å². The Balaban J connectivity index is 0.00000220. The highest BCUT2D eigenvalue weighted by Crippen LogP contribution is 2.16. The Labute approximate surface area is 151 Å². The fourth-order valence-corrected chi connectivity index (χ4v) is 2.78. The lowest BCUT2D eigenvalue weighted by molar-refractivity contribution is 0.493. The molecule has 118 valence electrons. The fraction of sp³-hybridized carbons (Fsp3) is 0.533. The monoisotopic (exact) mass is 469 g/mol. The molecule has 0 spiro atoms. The SMILES string of the molecule is CCNC(=NCCc1cc(Br)ccc1F)N1CCCC1.I. The zero-order chi connectivity index (χ0) is 14.4. The average Bonchev–Trinajstić information content (AvgIpc) is 2.95. The molecule has 1 saturated heterocycles. The van der Waals surface area contributed by atoms with Crippen molar-refractivity contribution in [2.24, 2.45) is 4.99 Å². The van der Waals surface area contributed by atoms with Crippen LogP contribution in [0.25, 0.3) is 0 Å². The van der Waals surface area contributed by atoms with E-state index < -0.39 is 0 Å². The summed E-state index contributed by atoms with van der Waals surface area (Å²) in [5, 5.41) is 3.31. The predicted molar refractivity (Wildman–Crippen MR) is 100 cm³/mol. The highest BCUT2D eigenvalue weighted by molar-refractivity contribution is 14.0. The molecule has 1 aromatic rings. The Morgan fingerprint density at radius 1 is 1.38 bits per heavy atom. The van der Waals surface area contributed by atoms with E-state index in [1.807, 2.05) is 6.07 Å². The Hall–Kier alpha value is -0.370. The predicted octanol–water partition coefficient (Wildman–Crippen LogP) is 3.81. The van der Waals surface area contributed by atoms with Crippen molar-refractivity contribution in [2.45, 2.75) is 26.2 Å². The first-order chi connectivity index (χ1) is 9.70. The Kier molecular flexibility index (Phi) is 8.55. The second kappa shape index (κ2) is 9.61. The van der Waals surface area contributed by atoms with E-state index in [9.17, 15) is 4.39 Å². The topological polar surface area (TPSA) is 27.6 Å². The van der Waals surface area contributed by atoms with Crippen molar-refractivity contribution in [1.29, 1.82) is 0 Å². The minimum atomic E-state index is -0.158. The number of nitrogens with zero attached hydrogens (tertiary/aromatic N) is 2. The second-order valence-corrected chi connectivity index (χ2v) is 5.83. The van der Waals surface area contributed by atoms with Crippen molar-refractivity contribution < 1.29 is 4.39 Å². The number of rotatable bonds is 4. The van der Waals surface area contributed by atoms with E-state index in [2.05, 4.69) is 38.1 Å². The van der Waals surface area contributed by atoms with Crippen molar-refractivity contribution in [3.63, 3.8) is 0 Å². The van der Waals surface area contributed by atoms with Gasteiger partial charge >= 0.3 is 0 Å². The molecule has 0 bridgehead atoms. The molecule has 0 aromatic heterocycles. The van der Waals surface area contributed by atoms with Crippen molar-refractivity contribution in [1.82, 2.24) is 10.2 Å². The summed E-state index contributed by atoms with van der Waals surface area (Å²) in [5.41, 5.74) is 0.709. The maximum atomic E-state index is 13.6. The second-order valence-electron chi connectivity index (χ2n) is 4.92. The number of halogens is 3. The number of aliphatic imine (C=N–C) groups is 1. The van der Waals surface area contributed by atoms with E-state index in [0.29, 0.717) is 18.5 Å². The van der Waals surface area contributed by atoms with E-state index in [4.69, 9.17) is 0 Å². The van der Waals surface area contributed by atoms with Crippen LogP contribution >= 0.6 is 39.9 Å². The van der Waals surface area contributed by atoms with Crippen molar-refractivity contribution in [3.8, 4) is 0 Å². The molecule has 3 nitrogen and oxygen atoms in total. The van der Waals surface area contributed by atoms with Gasteiger partial charge in [-0.1, -0.05) is 15.9 Å². The van der Waals surface area contributed by atoms with Gasteiger partial charge in [-0.15, -0.1) is 24.0 Å². The lowest BCUT2D eigenvalue weighted by Crippen LogP contribution is -2.39. The molecular weight excluding hydrogens is 448 g/mol. The summed E-state index contributed by atoms with van der Waals surface area (Å²) in [5.74, 6) is 0.801. The van der Waals surface area contributed by atoms with Crippen LogP contribution in [0.15, 0.2) is 27.7 Å². The molecular formula is C15H22BrFIN3. The van der Waals surface area contributed by atoms with E-state index >= 15 is 0 Å². The molecule has 2 rings (SSSR count). The third kappa shape index (κ3) is 5.73. The quantitative estimate of drug-likeness (QED) is 0.412. The first-order valence-electron chi connectivity index (χ1n) is 7.18. The molecule has 1 aliphatic rings. The van der Waals surface area contributed by atoms with Crippen molar-refractivity contribution in [3.05, 3.63) is 34.1 Å². The lowest BCUT2D eigenvalue weighted by Gasteiger charge is -2.20. The molecule has 0 radical (unpaired) electrons. The molecule has 21 heavy (non-hydrogen) atoms. The van der Waals surface area contributed by atoms with Crippen LogP contribution in [0.4, 0.5) is 4.39 Å². The van der Waals surface area contributed by atoms with Crippen LogP contribution < -0.4 is 5.32 Å². The fourth-order valence-electron chi connectivity index (χ4n) is 2.37. The van der Waals surface area contributed by atoms with Crippen LogP contribution in [0, 0.1) is 5.82 Å². The Morgan fingerprint density at radius 3 is 2.76 bits per heavy atom. The van der Waals surface area contributed by atoms with Gasteiger partial charge in [-0.05, 0) is 49.9 Å². The number of hydrogen-bond acceptors (Lipinski definition) is 1. The van der Waals surface area contributed by atoms with Gasteiger partial charge in [-0.3, -0.25) is 4.99 Å². The minimum Gasteiger partial charge on any atom is -0.357 e. The molecule has 1 heterocycles. The number of benzene rings is 1. The van der Waals surface area contributed by atoms with Crippen LogP contribution in [-0.2, 0) is 6.42 Å². The van der Waals surface area contributed by atoms with Gasteiger partial charge in [0, 0.05) is 30.7 Å². The molecule has 0 atom stereocenters. The van der Waals surface area contributed by atoms with E-state index in [1.165, 1.54) is 18.9 Å². The normalized spacial score (nSPS) is 15.0. The minimum absolute atomic E-state index is 0. The summed E-state index contributed by atoms with van der Waals surface area (Å²) >= 11 is 3.37. The van der Waals surface area contributed by atoms with Gasteiger partial charge in [0.1, 0.15) is 5.82 Å². The summed E-state index contributed by atoms with van der Waals surface area (Å²) in [6.07, 6.45) is 3.07. The number of nitrogens with one attached hydrogen (secondary N) is 1. The van der Waals surface area contributed by atoms with E-state index in [0.717, 1.165) is 30.1 Å². The van der Waals surface area contributed by atoms with Gasteiger partial charge in [0.05, 0.1) is 0 Å². The van der Waals surface area contributed by atoms with Crippen LogP contribution in [-0.4, -0.2) is 37.0 Å². The van der Waals surface area contributed by atoms with Gasteiger partial charge in [-0.25, -0.2) is 4.39 Å². The van der Waals surface area contributed by atoms with Gasteiger partial charge in [0.15, 0.2) is 5.96 Å². The Bertz CT molecular complexity index is 476. The largest absolute Gasteiger partial charge is 0.357 e. The van der Waals surface area contributed by atoms with Crippen LogP contribution in [0.2, 0.25) is 0 Å². The summed E-state index contributed by atoms with van der Waals surface area (Å²) in [7, 11) is 0. The molecule has 0 saturated carbocycles. The van der Waals surface area contributed by atoms with Crippen LogP contribution in [0.1, 0.15) is 25.3 Å². The summed E-state index contributed by atoms with van der Waals surface area (Å²) in [6, 6.07) is 5.04. The van der Waals surface area contributed by atoms with Gasteiger partial charge in [0.2, 0.25) is 0 Å². The molecule has 0 amide bonds. The molecule has 1 aliphatic heterocycles. The Morgan fingerprint density at radius 2 is 2.10 bits per heavy atom. The summed E-state index contributed by atoms with van der Waals surface area (Å²) < 4.78 is 14.6.